The molecule has 0 amide bonds. The molecule has 0 aliphatic carbocycles. The van der Waals surface area contributed by atoms with Gasteiger partial charge >= 0.3 is 0 Å². The standard InChI is InChI=1S/C18H21IN6O4S2/c1-10(2)7-23-31(26,27)4-3-25-17-15(16(20)21-8-22-17)24-18(25)30-14-6-13-12(5-11(14)19)28-9-29-13/h5-6,8,10,23H,3-4,7,9H2,1-2H3,(H2,20,21,22). The van der Waals surface area contributed by atoms with Crippen molar-refractivity contribution in [1.29, 1.82) is 0 Å². The van der Waals surface area contributed by atoms with E-state index in [4.69, 9.17) is 15.2 Å². The van der Waals surface area contributed by atoms with Crippen LogP contribution >= 0.6 is 34.4 Å². The Morgan fingerprint density at radius 2 is 2.03 bits per heavy atom. The lowest BCUT2D eigenvalue weighted by Crippen LogP contribution is -2.31. The molecule has 4 rings (SSSR count). The number of nitrogens with zero attached hydrogens (tertiary/aromatic N) is 4. The fourth-order valence-electron chi connectivity index (χ4n) is 2.87. The van der Waals surface area contributed by atoms with Gasteiger partial charge in [-0.15, -0.1) is 0 Å². The van der Waals surface area contributed by atoms with Crippen LogP contribution in [0.2, 0.25) is 0 Å². The Balaban J connectivity index is 1.67. The van der Waals surface area contributed by atoms with E-state index in [1.165, 1.54) is 18.1 Å². The van der Waals surface area contributed by atoms with Crippen LogP contribution in [-0.4, -0.2) is 47.0 Å². The fourth-order valence-corrected chi connectivity index (χ4v) is 5.73. The Kier molecular flexibility index (Phi) is 6.46. The van der Waals surface area contributed by atoms with E-state index in [9.17, 15) is 8.42 Å². The van der Waals surface area contributed by atoms with Gasteiger partial charge < -0.3 is 19.8 Å². The minimum Gasteiger partial charge on any atom is -0.454 e. The number of nitrogen functional groups attached to an aromatic ring is 1. The van der Waals surface area contributed by atoms with Gasteiger partial charge in [0.2, 0.25) is 16.8 Å². The van der Waals surface area contributed by atoms with Gasteiger partial charge in [-0.2, -0.15) is 0 Å². The largest absolute Gasteiger partial charge is 0.454 e. The molecular weight excluding hydrogens is 555 g/mol. The number of rotatable bonds is 8. The van der Waals surface area contributed by atoms with Crippen molar-refractivity contribution in [3.8, 4) is 11.5 Å². The third-order valence-corrected chi connectivity index (χ3v) is 8.09. The third-order valence-electron chi connectivity index (χ3n) is 4.45. The van der Waals surface area contributed by atoms with Gasteiger partial charge in [0.25, 0.3) is 0 Å². The summed E-state index contributed by atoms with van der Waals surface area (Å²) >= 11 is 3.60. The summed E-state index contributed by atoms with van der Waals surface area (Å²) in [5, 5.41) is 0.568. The molecule has 3 N–H and O–H groups in total. The molecule has 166 valence electrons. The van der Waals surface area contributed by atoms with E-state index in [1.54, 1.807) is 4.57 Å². The lowest BCUT2D eigenvalue weighted by Gasteiger charge is -2.12. The number of halogens is 1. The van der Waals surface area contributed by atoms with Crippen molar-refractivity contribution in [2.24, 2.45) is 5.92 Å². The molecule has 13 heteroatoms. The lowest BCUT2D eigenvalue weighted by molar-refractivity contribution is 0.174. The lowest BCUT2D eigenvalue weighted by atomic mass is 10.2. The Labute approximate surface area is 197 Å². The van der Waals surface area contributed by atoms with E-state index in [2.05, 4.69) is 42.3 Å². The minimum absolute atomic E-state index is 0.110. The Morgan fingerprint density at radius 3 is 2.77 bits per heavy atom. The van der Waals surface area contributed by atoms with Crippen LogP contribution in [-0.2, 0) is 16.6 Å². The van der Waals surface area contributed by atoms with Crippen molar-refractivity contribution in [2.45, 2.75) is 30.4 Å². The number of nitrogens with two attached hydrogens (primary N) is 1. The third kappa shape index (κ3) is 4.99. The summed E-state index contributed by atoms with van der Waals surface area (Å²) in [6, 6.07) is 3.78. The molecule has 1 aliphatic heterocycles. The number of sulfonamides is 1. The van der Waals surface area contributed by atoms with Crippen molar-refractivity contribution in [1.82, 2.24) is 24.2 Å². The summed E-state index contributed by atoms with van der Waals surface area (Å²) in [6.07, 6.45) is 1.35. The number of benzene rings is 1. The molecule has 10 nitrogen and oxygen atoms in total. The molecule has 1 aliphatic rings. The first-order chi connectivity index (χ1) is 14.7. The first-order valence-electron chi connectivity index (χ1n) is 9.44. The van der Waals surface area contributed by atoms with Crippen LogP contribution in [0.15, 0.2) is 28.5 Å². The molecule has 0 saturated heterocycles. The van der Waals surface area contributed by atoms with Gasteiger partial charge in [0, 0.05) is 21.6 Å². The van der Waals surface area contributed by atoms with Crippen LogP contribution in [0.3, 0.4) is 0 Å². The van der Waals surface area contributed by atoms with E-state index >= 15 is 0 Å². The molecule has 0 fully saturated rings. The number of nitrogens with one attached hydrogen (secondary N) is 1. The van der Waals surface area contributed by atoms with Crippen LogP contribution in [0.1, 0.15) is 13.8 Å². The molecule has 0 atom stereocenters. The second-order valence-electron chi connectivity index (χ2n) is 7.28. The van der Waals surface area contributed by atoms with Crippen LogP contribution in [0.5, 0.6) is 11.5 Å². The fraction of sp³-hybridized carbons (Fsp3) is 0.389. The number of aromatic nitrogens is 4. The van der Waals surface area contributed by atoms with Crippen LogP contribution in [0.25, 0.3) is 11.2 Å². The summed E-state index contributed by atoms with van der Waals surface area (Å²) in [6.45, 7) is 4.65. The molecule has 3 aromatic rings. The predicted molar refractivity (Wildman–Crippen MR) is 126 cm³/mol. The Morgan fingerprint density at radius 1 is 1.29 bits per heavy atom. The van der Waals surface area contributed by atoms with Gasteiger partial charge in [0.05, 0.1) is 5.75 Å². The zero-order valence-electron chi connectivity index (χ0n) is 16.8. The van der Waals surface area contributed by atoms with Gasteiger partial charge in [-0.25, -0.2) is 28.1 Å². The molecule has 2 aromatic heterocycles. The molecule has 1 aromatic carbocycles. The highest BCUT2D eigenvalue weighted by atomic mass is 127. The van der Waals surface area contributed by atoms with Crippen LogP contribution in [0.4, 0.5) is 5.82 Å². The number of hydrogen-bond acceptors (Lipinski definition) is 9. The molecule has 3 heterocycles. The summed E-state index contributed by atoms with van der Waals surface area (Å²) in [5.41, 5.74) is 6.92. The highest BCUT2D eigenvalue weighted by Crippen LogP contribution is 2.41. The van der Waals surface area contributed by atoms with Crippen molar-refractivity contribution in [2.75, 3.05) is 24.8 Å². The number of fused-ring (bicyclic) bond motifs is 2. The van der Waals surface area contributed by atoms with Crippen LogP contribution in [0, 0.1) is 9.49 Å². The van der Waals surface area contributed by atoms with Gasteiger partial charge in [0.1, 0.15) is 6.33 Å². The zero-order chi connectivity index (χ0) is 22.2. The molecule has 0 bridgehead atoms. The molecule has 0 radical (unpaired) electrons. The highest BCUT2D eigenvalue weighted by molar-refractivity contribution is 14.1. The van der Waals surface area contributed by atoms with E-state index in [1.807, 2.05) is 26.0 Å². The van der Waals surface area contributed by atoms with Crippen molar-refractivity contribution in [3.63, 3.8) is 0 Å². The second kappa shape index (κ2) is 8.96. The van der Waals surface area contributed by atoms with Gasteiger partial charge in [0.15, 0.2) is 33.6 Å². The Bertz CT molecular complexity index is 1230. The second-order valence-corrected chi connectivity index (χ2v) is 11.4. The molecule has 0 saturated carbocycles. The normalized spacial score (nSPS) is 13.4. The maximum Gasteiger partial charge on any atom is 0.231 e. The molecule has 0 unspecified atom stereocenters. The van der Waals surface area contributed by atoms with Crippen molar-refractivity contribution in [3.05, 3.63) is 22.0 Å². The summed E-state index contributed by atoms with van der Waals surface area (Å²) < 4.78 is 41.1. The average molecular weight is 576 g/mol. The van der Waals surface area contributed by atoms with Crippen molar-refractivity contribution >= 4 is 61.4 Å². The number of aryl methyl sites for hydroxylation is 1. The smallest absolute Gasteiger partial charge is 0.231 e. The number of ether oxygens (including phenoxy) is 2. The number of hydrogen-bond donors (Lipinski definition) is 2. The molecule has 0 spiro atoms. The maximum atomic E-state index is 12.4. The van der Waals surface area contributed by atoms with E-state index in [0.717, 1.165) is 8.47 Å². The van der Waals surface area contributed by atoms with Crippen LogP contribution < -0.4 is 19.9 Å². The monoisotopic (exact) mass is 576 g/mol. The number of anilines is 1. The number of imidazole rings is 1. The van der Waals surface area contributed by atoms with Gasteiger partial charge in [-0.3, -0.25) is 0 Å². The zero-order valence-corrected chi connectivity index (χ0v) is 20.6. The van der Waals surface area contributed by atoms with Gasteiger partial charge in [-0.05, 0) is 40.6 Å². The maximum absolute atomic E-state index is 12.4. The first kappa shape index (κ1) is 22.4. The van der Waals surface area contributed by atoms with E-state index in [0.29, 0.717) is 34.4 Å². The van der Waals surface area contributed by atoms with Gasteiger partial charge in [-0.1, -0.05) is 25.6 Å². The molecular formula is C18H21IN6O4S2. The van der Waals surface area contributed by atoms with E-state index < -0.39 is 10.0 Å². The topological polar surface area (TPSA) is 134 Å². The summed E-state index contributed by atoms with van der Waals surface area (Å²) in [4.78, 5) is 13.8. The Hall–Kier alpha value is -1.84. The minimum atomic E-state index is -3.46. The average Bonchev–Trinajstić information content (AvgIpc) is 3.30. The van der Waals surface area contributed by atoms with Crippen molar-refractivity contribution < 1.29 is 17.9 Å². The predicted octanol–water partition coefficient (Wildman–Crippen LogP) is 2.47. The summed E-state index contributed by atoms with van der Waals surface area (Å²) in [5.74, 6) is 1.70. The highest BCUT2D eigenvalue weighted by Gasteiger charge is 2.22. The molecule has 31 heavy (non-hydrogen) atoms. The summed E-state index contributed by atoms with van der Waals surface area (Å²) in [7, 11) is -3.46. The first-order valence-corrected chi connectivity index (χ1v) is 13.0. The van der Waals surface area contributed by atoms with E-state index in [-0.39, 0.29) is 30.8 Å². The quantitative estimate of drug-likeness (QED) is 0.388. The SMILES string of the molecule is CC(C)CNS(=O)(=O)CCn1c(Sc2cc3c(cc2I)OCO3)nc2c(N)ncnc21.